The van der Waals surface area contributed by atoms with Crippen LogP contribution in [-0.4, -0.2) is 12.1 Å². The maximum atomic E-state index is 5.16. The molecule has 0 atom stereocenters. The maximum absolute atomic E-state index is 5.16. The fourth-order valence-corrected chi connectivity index (χ4v) is 2.90. The zero-order chi connectivity index (χ0) is 15.5. The van der Waals surface area contributed by atoms with Crippen molar-refractivity contribution in [2.24, 2.45) is 0 Å². The van der Waals surface area contributed by atoms with Gasteiger partial charge in [-0.25, -0.2) is 4.98 Å². The zero-order valence-corrected chi connectivity index (χ0v) is 14.9. The van der Waals surface area contributed by atoms with Gasteiger partial charge in [-0.05, 0) is 55.3 Å². The van der Waals surface area contributed by atoms with Gasteiger partial charge in [-0.2, -0.15) is 0 Å². The quantitative estimate of drug-likeness (QED) is 0.667. The number of methoxy groups -OCH3 is 1. The van der Waals surface area contributed by atoms with Crippen LogP contribution in [0.15, 0.2) is 47.8 Å². The summed E-state index contributed by atoms with van der Waals surface area (Å²) in [5, 5.41) is 6.29. The highest BCUT2D eigenvalue weighted by molar-refractivity contribution is 7.14. The van der Waals surface area contributed by atoms with Crippen LogP contribution in [0.5, 0.6) is 5.75 Å². The Morgan fingerprint density at radius 1 is 1.00 bits per heavy atom. The number of nitrogens with zero attached hydrogens (tertiary/aromatic N) is 1. The average molecular weight is 347 g/mol. The molecule has 2 aromatic carbocycles. The fraction of sp³-hybridized carbons (Fsp3) is 0.167. The number of halogens is 1. The summed E-state index contributed by atoms with van der Waals surface area (Å²) in [5.41, 5.74) is 5.75. The molecule has 0 radical (unpaired) electrons. The Morgan fingerprint density at radius 2 is 1.74 bits per heavy atom. The van der Waals surface area contributed by atoms with Gasteiger partial charge in [0.15, 0.2) is 5.13 Å². The van der Waals surface area contributed by atoms with Crippen molar-refractivity contribution in [2.75, 3.05) is 12.4 Å². The molecule has 3 nitrogen and oxygen atoms in total. The smallest absolute Gasteiger partial charge is 0.187 e. The van der Waals surface area contributed by atoms with Crippen molar-refractivity contribution in [1.82, 2.24) is 4.98 Å². The Morgan fingerprint density at radius 3 is 2.39 bits per heavy atom. The molecular weight excluding hydrogens is 328 g/mol. The van der Waals surface area contributed by atoms with E-state index < -0.39 is 0 Å². The molecular formula is C18H19ClN2OS. The molecule has 0 aliphatic rings. The summed E-state index contributed by atoms with van der Waals surface area (Å²) in [6.07, 6.45) is 0. The first kappa shape index (κ1) is 17.3. The van der Waals surface area contributed by atoms with Crippen LogP contribution in [0.3, 0.4) is 0 Å². The predicted octanol–water partition coefficient (Wildman–Crippen LogP) is 5.60. The van der Waals surface area contributed by atoms with E-state index in [2.05, 4.69) is 47.7 Å². The molecule has 1 aromatic heterocycles. The number of benzene rings is 2. The number of ether oxygens (including phenoxy) is 1. The molecule has 0 fully saturated rings. The number of aromatic nitrogens is 1. The molecule has 1 heterocycles. The monoisotopic (exact) mass is 346 g/mol. The van der Waals surface area contributed by atoms with Gasteiger partial charge >= 0.3 is 0 Å². The molecule has 0 bridgehead atoms. The molecule has 0 aliphatic heterocycles. The molecule has 120 valence electrons. The van der Waals surface area contributed by atoms with Gasteiger partial charge in [0.25, 0.3) is 0 Å². The van der Waals surface area contributed by atoms with Crippen LogP contribution in [0.2, 0.25) is 0 Å². The summed E-state index contributed by atoms with van der Waals surface area (Å²) in [7, 11) is 1.67. The molecule has 0 aliphatic carbocycles. The van der Waals surface area contributed by atoms with Crippen LogP contribution < -0.4 is 10.1 Å². The zero-order valence-electron chi connectivity index (χ0n) is 13.3. The lowest BCUT2D eigenvalue weighted by atomic mass is 10.1. The van der Waals surface area contributed by atoms with Gasteiger partial charge in [0, 0.05) is 16.6 Å². The van der Waals surface area contributed by atoms with E-state index in [1.165, 1.54) is 11.1 Å². The van der Waals surface area contributed by atoms with Crippen molar-refractivity contribution in [3.63, 3.8) is 0 Å². The SMILES string of the molecule is COc1ccc(Nc2nc(-c3ccc(C)c(C)c3)cs2)cc1.Cl. The second kappa shape index (κ2) is 7.49. The van der Waals surface area contributed by atoms with Crippen LogP contribution in [0.1, 0.15) is 11.1 Å². The molecule has 3 aromatic rings. The first-order valence-corrected chi connectivity index (χ1v) is 7.98. The number of thiazole rings is 1. The van der Waals surface area contributed by atoms with Gasteiger partial charge < -0.3 is 10.1 Å². The van der Waals surface area contributed by atoms with Gasteiger partial charge in [-0.3, -0.25) is 0 Å². The fourth-order valence-electron chi connectivity index (χ4n) is 2.16. The lowest BCUT2D eigenvalue weighted by molar-refractivity contribution is 0.415. The minimum atomic E-state index is 0. The van der Waals surface area contributed by atoms with Crippen LogP contribution >= 0.6 is 23.7 Å². The van der Waals surface area contributed by atoms with Gasteiger partial charge in [0.1, 0.15) is 5.75 Å². The maximum Gasteiger partial charge on any atom is 0.187 e. The number of hydrogen-bond acceptors (Lipinski definition) is 4. The van der Waals surface area contributed by atoms with Crippen molar-refractivity contribution in [2.45, 2.75) is 13.8 Å². The van der Waals surface area contributed by atoms with Crippen molar-refractivity contribution in [3.05, 3.63) is 59.0 Å². The molecule has 3 rings (SSSR count). The first-order chi connectivity index (χ1) is 10.7. The highest BCUT2D eigenvalue weighted by atomic mass is 35.5. The van der Waals surface area contributed by atoms with Crippen LogP contribution in [0.25, 0.3) is 11.3 Å². The van der Waals surface area contributed by atoms with Crippen molar-refractivity contribution in [3.8, 4) is 17.0 Å². The van der Waals surface area contributed by atoms with Crippen molar-refractivity contribution >= 4 is 34.6 Å². The van der Waals surface area contributed by atoms with E-state index in [0.717, 1.165) is 27.8 Å². The molecule has 0 saturated heterocycles. The second-order valence-electron chi connectivity index (χ2n) is 5.19. The van der Waals surface area contributed by atoms with E-state index in [4.69, 9.17) is 4.74 Å². The Balaban J connectivity index is 0.00000192. The van der Waals surface area contributed by atoms with E-state index in [1.807, 2.05) is 24.3 Å². The summed E-state index contributed by atoms with van der Waals surface area (Å²) in [5.74, 6) is 0.848. The Kier molecular flexibility index (Phi) is 5.64. The first-order valence-electron chi connectivity index (χ1n) is 7.10. The molecule has 0 spiro atoms. The van der Waals surface area contributed by atoms with Gasteiger partial charge in [-0.1, -0.05) is 12.1 Å². The third-order valence-corrected chi connectivity index (χ3v) is 4.41. The molecule has 23 heavy (non-hydrogen) atoms. The van der Waals surface area contributed by atoms with E-state index in [1.54, 1.807) is 18.4 Å². The summed E-state index contributed by atoms with van der Waals surface area (Å²) in [6, 6.07) is 14.3. The van der Waals surface area contributed by atoms with Gasteiger partial charge in [0.05, 0.1) is 12.8 Å². The van der Waals surface area contributed by atoms with Crippen LogP contribution in [0.4, 0.5) is 10.8 Å². The molecule has 5 heteroatoms. The normalized spacial score (nSPS) is 10.0. The molecule has 0 saturated carbocycles. The van der Waals surface area contributed by atoms with Crippen molar-refractivity contribution < 1.29 is 4.74 Å². The Bertz CT molecular complexity index is 784. The molecule has 0 unspecified atom stereocenters. The Hall–Kier alpha value is -2.04. The lowest BCUT2D eigenvalue weighted by Crippen LogP contribution is -1.90. The summed E-state index contributed by atoms with van der Waals surface area (Å²) < 4.78 is 5.16. The Labute approximate surface area is 146 Å². The average Bonchev–Trinajstić information content (AvgIpc) is 2.99. The minimum Gasteiger partial charge on any atom is -0.497 e. The van der Waals surface area contributed by atoms with Gasteiger partial charge in [-0.15, -0.1) is 23.7 Å². The van der Waals surface area contributed by atoms with E-state index in [0.29, 0.717) is 0 Å². The van der Waals surface area contributed by atoms with Crippen molar-refractivity contribution in [1.29, 1.82) is 0 Å². The number of anilines is 2. The minimum absolute atomic E-state index is 0. The van der Waals surface area contributed by atoms with E-state index in [-0.39, 0.29) is 12.4 Å². The summed E-state index contributed by atoms with van der Waals surface area (Å²) in [6.45, 7) is 4.25. The molecule has 0 amide bonds. The van der Waals surface area contributed by atoms with Crippen LogP contribution in [0, 0.1) is 13.8 Å². The number of rotatable bonds is 4. The number of nitrogens with one attached hydrogen (secondary N) is 1. The molecule has 1 N–H and O–H groups in total. The third-order valence-electron chi connectivity index (χ3n) is 3.65. The second-order valence-corrected chi connectivity index (χ2v) is 6.05. The largest absolute Gasteiger partial charge is 0.497 e. The third kappa shape index (κ3) is 4.03. The van der Waals surface area contributed by atoms with E-state index in [9.17, 15) is 0 Å². The highest BCUT2D eigenvalue weighted by Gasteiger charge is 2.06. The standard InChI is InChI=1S/C18H18N2OS.ClH/c1-12-4-5-14(10-13(12)2)17-11-22-18(20-17)19-15-6-8-16(21-3)9-7-15;/h4-11H,1-3H3,(H,19,20);1H. The lowest BCUT2D eigenvalue weighted by Gasteiger charge is -2.04. The summed E-state index contributed by atoms with van der Waals surface area (Å²) >= 11 is 1.61. The number of hydrogen-bond donors (Lipinski definition) is 1. The number of aryl methyl sites for hydroxylation is 2. The van der Waals surface area contributed by atoms with E-state index >= 15 is 0 Å². The predicted molar refractivity (Wildman–Crippen MR) is 101 cm³/mol. The highest BCUT2D eigenvalue weighted by Crippen LogP contribution is 2.28. The van der Waals surface area contributed by atoms with Crippen LogP contribution in [-0.2, 0) is 0 Å². The topological polar surface area (TPSA) is 34.1 Å². The summed E-state index contributed by atoms with van der Waals surface area (Å²) in [4.78, 5) is 4.67. The van der Waals surface area contributed by atoms with Gasteiger partial charge in [0.2, 0.25) is 0 Å².